The van der Waals surface area contributed by atoms with Gasteiger partial charge in [-0.25, -0.2) is 0 Å². The molecule has 1 heterocycles. The molecule has 3 aromatic rings. The first-order valence-corrected chi connectivity index (χ1v) is 9.80. The molecule has 0 fully saturated rings. The van der Waals surface area contributed by atoms with Crippen molar-refractivity contribution < 1.29 is 19.1 Å². The first-order chi connectivity index (χ1) is 15.0. The summed E-state index contributed by atoms with van der Waals surface area (Å²) >= 11 is 0. The highest BCUT2D eigenvalue weighted by atomic mass is 16.5. The molecule has 0 bridgehead atoms. The van der Waals surface area contributed by atoms with Crippen LogP contribution in [0, 0.1) is 0 Å². The van der Waals surface area contributed by atoms with Crippen molar-refractivity contribution >= 4 is 28.9 Å². The Morgan fingerprint density at radius 3 is 2.42 bits per heavy atom. The first kappa shape index (κ1) is 20.3. The van der Waals surface area contributed by atoms with E-state index in [-0.39, 0.29) is 11.8 Å². The minimum Gasteiger partial charge on any atom is -0.497 e. The van der Waals surface area contributed by atoms with Gasteiger partial charge in [0.15, 0.2) is 0 Å². The summed E-state index contributed by atoms with van der Waals surface area (Å²) in [7, 11) is 3.14. The van der Waals surface area contributed by atoms with Crippen LogP contribution < -0.4 is 25.0 Å². The van der Waals surface area contributed by atoms with Crippen molar-refractivity contribution in [1.82, 2.24) is 0 Å². The third-order valence-electron chi connectivity index (χ3n) is 5.12. The molecule has 0 aromatic heterocycles. The van der Waals surface area contributed by atoms with E-state index in [1.54, 1.807) is 37.3 Å². The number of hydrogen-bond donors (Lipinski definition) is 2. The van der Waals surface area contributed by atoms with Crippen LogP contribution in [0.25, 0.3) is 0 Å². The highest BCUT2D eigenvalue weighted by Gasteiger charge is 2.35. The largest absolute Gasteiger partial charge is 0.497 e. The van der Waals surface area contributed by atoms with E-state index in [9.17, 15) is 9.59 Å². The molecule has 4 rings (SSSR count). The van der Waals surface area contributed by atoms with E-state index in [2.05, 4.69) is 10.6 Å². The van der Waals surface area contributed by atoms with Gasteiger partial charge in [-0.3, -0.25) is 14.5 Å². The third kappa shape index (κ3) is 3.90. The van der Waals surface area contributed by atoms with Gasteiger partial charge in [-0.15, -0.1) is 0 Å². The number of para-hydroxylation sites is 1. The fourth-order valence-corrected chi connectivity index (χ4v) is 3.67. The number of rotatable bonds is 5. The van der Waals surface area contributed by atoms with Gasteiger partial charge in [-0.1, -0.05) is 24.3 Å². The van der Waals surface area contributed by atoms with Crippen molar-refractivity contribution in [3.05, 3.63) is 77.9 Å². The zero-order valence-electron chi connectivity index (χ0n) is 17.5. The maximum atomic E-state index is 13.6. The Hall–Kier alpha value is -4.00. The summed E-state index contributed by atoms with van der Waals surface area (Å²) in [6.07, 6.45) is -0.476. The van der Waals surface area contributed by atoms with E-state index < -0.39 is 6.17 Å². The number of amides is 2. The third-order valence-corrected chi connectivity index (χ3v) is 5.12. The number of hydrogen-bond acceptors (Lipinski definition) is 5. The molecule has 2 amide bonds. The van der Waals surface area contributed by atoms with Gasteiger partial charge in [0, 0.05) is 24.4 Å². The number of carbonyl (C=O) groups is 2. The molecule has 0 saturated carbocycles. The number of benzene rings is 3. The molecule has 0 spiro atoms. The van der Waals surface area contributed by atoms with Gasteiger partial charge >= 0.3 is 0 Å². The summed E-state index contributed by atoms with van der Waals surface area (Å²) in [4.78, 5) is 26.6. The zero-order chi connectivity index (χ0) is 22.0. The molecule has 31 heavy (non-hydrogen) atoms. The van der Waals surface area contributed by atoms with Gasteiger partial charge in [-0.2, -0.15) is 0 Å². The molecule has 1 aliphatic heterocycles. The molecule has 3 aromatic carbocycles. The van der Waals surface area contributed by atoms with Crippen LogP contribution in [0.5, 0.6) is 11.5 Å². The molecule has 2 N–H and O–H groups in total. The smallest absolute Gasteiger partial charge is 0.262 e. The van der Waals surface area contributed by atoms with Gasteiger partial charge in [-0.05, 0) is 42.0 Å². The van der Waals surface area contributed by atoms with Crippen LogP contribution in [0.2, 0.25) is 0 Å². The summed E-state index contributed by atoms with van der Waals surface area (Å²) in [6, 6.07) is 20.1. The topological polar surface area (TPSA) is 79.9 Å². The Labute approximate surface area is 180 Å². The minimum atomic E-state index is -0.476. The van der Waals surface area contributed by atoms with Gasteiger partial charge in [0.1, 0.15) is 17.7 Å². The lowest BCUT2D eigenvalue weighted by Gasteiger charge is -2.38. The molecular weight excluding hydrogens is 394 g/mol. The Morgan fingerprint density at radius 1 is 1.00 bits per heavy atom. The van der Waals surface area contributed by atoms with Crippen molar-refractivity contribution in [2.75, 3.05) is 29.8 Å². The number of nitrogens with one attached hydrogen (secondary N) is 2. The number of ether oxygens (including phenoxy) is 2. The number of fused-ring (bicyclic) bond motifs is 1. The molecule has 7 nitrogen and oxygen atoms in total. The van der Waals surface area contributed by atoms with Crippen molar-refractivity contribution in [1.29, 1.82) is 0 Å². The van der Waals surface area contributed by atoms with Crippen LogP contribution in [0.15, 0.2) is 66.7 Å². The highest BCUT2D eigenvalue weighted by Crippen LogP contribution is 2.41. The number of nitrogens with zero attached hydrogens (tertiary/aromatic N) is 1. The predicted octanol–water partition coefficient (Wildman–Crippen LogP) is 4.43. The molecule has 158 valence electrons. The molecule has 7 heteroatoms. The normalized spacial score (nSPS) is 15.0. The molecule has 0 radical (unpaired) electrons. The van der Waals surface area contributed by atoms with Crippen molar-refractivity contribution in [2.24, 2.45) is 0 Å². The Morgan fingerprint density at radius 2 is 1.74 bits per heavy atom. The Balaban J connectivity index is 1.82. The van der Waals surface area contributed by atoms with Gasteiger partial charge in [0.2, 0.25) is 5.91 Å². The van der Waals surface area contributed by atoms with E-state index in [0.29, 0.717) is 28.4 Å². The average molecular weight is 417 g/mol. The second-order valence-corrected chi connectivity index (χ2v) is 7.11. The number of carbonyl (C=O) groups excluding carboxylic acids is 2. The van der Waals surface area contributed by atoms with Crippen LogP contribution in [0.1, 0.15) is 29.0 Å². The van der Waals surface area contributed by atoms with Crippen LogP contribution >= 0.6 is 0 Å². The minimum absolute atomic E-state index is 0.141. The summed E-state index contributed by atoms with van der Waals surface area (Å²) in [5, 5.41) is 6.22. The van der Waals surface area contributed by atoms with Gasteiger partial charge in [0.25, 0.3) is 5.91 Å². The van der Waals surface area contributed by atoms with E-state index in [4.69, 9.17) is 9.47 Å². The van der Waals surface area contributed by atoms with E-state index >= 15 is 0 Å². The molecule has 1 aliphatic rings. The summed E-state index contributed by atoms with van der Waals surface area (Å²) in [6.45, 7) is 1.46. The van der Waals surface area contributed by atoms with Crippen molar-refractivity contribution in [2.45, 2.75) is 13.1 Å². The Kier molecular flexibility index (Phi) is 5.49. The fourth-order valence-electron chi connectivity index (χ4n) is 3.67. The quantitative estimate of drug-likeness (QED) is 0.642. The summed E-state index contributed by atoms with van der Waals surface area (Å²) in [5.41, 5.74) is 3.49. The van der Waals surface area contributed by atoms with E-state index in [1.807, 2.05) is 48.5 Å². The van der Waals surface area contributed by atoms with Crippen molar-refractivity contribution in [3.63, 3.8) is 0 Å². The lowest BCUT2D eigenvalue weighted by atomic mass is 10.0. The first-order valence-electron chi connectivity index (χ1n) is 9.80. The molecule has 1 atom stereocenters. The lowest BCUT2D eigenvalue weighted by molar-refractivity contribution is -0.114. The zero-order valence-corrected chi connectivity index (χ0v) is 17.5. The van der Waals surface area contributed by atoms with Crippen molar-refractivity contribution in [3.8, 4) is 11.5 Å². The molecular formula is C24H23N3O4. The lowest BCUT2D eigenvalue weighted by Crippen LogP contribution is -2.43. The van der Waals surface area contributed by atoms with Crippen LogP contribution in [0.3, 0.4) is 0 Å². The van der Waals surface area contributed by atoms with Crippen LogP contribution in [0.4, 0.5) is 17.1 Å². The maximum Gasteiger partial charge on any atom is 0.262 e. The average Bonchev–Trinajstić information content (AvgIpc) is 2.79. The fraction of sp³-hybridized carbons (Fsp3) is 0.167. The van der Waals surface area contributed by atoms with Crippen LogP contribution in [-0.4, -0.2) is 26.0 Å². The molecule has 0 saturated heterocycles. The second kappa shape index (κ2) is 8.39. The number of anilines is 3. The number of methoxy groups -OCH3 is 2. The van der Waals surface area contributed by atoms with E-state index in [0.717, 1.165) is 11.3 Å². The maximum absolute atomic E-state index is 13.6. The summed E-state index contributed by atoms with van der Waals surface area (Å²) in [5.74, 6) is 0.870. The predicted molar refractivity (Wildman–Crippen MR) is 120 cm³/mol. The molecule has 0 aliphatic carbocycles. The molecule has 0 unspecified atom stereocenters. The van der Waals surface area contributed by atoms with Gasteiger partial charge in [0.05, 0.1) is 25.5 Å². The second-order valence-electron chi connectivity index (χ2n) is 7.11. The summed E-state index contributed by atoms with van der Waals surface area (Å²) < 4.78 is 10.9. The Bertz CT molecular complexity index is 1130. The van der Waals surface area contributed by atoms with Crippen LogP contribution in [-0.2, 0) is 4.79 Å². The van der Waals surface area contributed by atoms with Gasteiger partial charge < -0.3 is 20.1 Å². The van der Waals surface area contributed by atoms with E-state index in [1.165, 1.54) is 6.92 Å². The SMILES string of the molecule is COc1ccc(N2C(=O)c3ccccc3N[C@H]2c2ccc(NC(C)=O)cc2)c(OC)c1. The monoisotopic (exact) mass is 417 g/mol. The highest BCUT2D eigenvalue weighted by molar-refractivity contribution is 6.12. The standard InChI is InChI=1S/C24H23N3O4/c1-15(28)25-17-10-8-16(9-11-17)23-26-20-7-5-4-6-19(20)24(29)27(23)21-13-12-18(30-2)14-22(21)31-3/h4-14,23,26H,1-3H3,(H,25,28)/t23-/m1/s1.